The smallest absolute Gasteiger partial charge is 0.249 e. The molecular formula is C20H24N2O3. The Kier molecular flexibility index (Phi) is 5.24. The number of hydrogen-bond donors (Lipinski definition) is 2. The van der Waals surface area contributed by atoms with Crippen molar-refractivity contribution < 1.29 is 14.6 Å². The fraction of sp³-hybridized carbons (Fsp3) is 0.350. The first-order valence-corrected chi connectivity index (χ1v) is 8.59. The summed E-state index contributed by atoms with van der Waals surface area (Å²) in [5.74, 6) is 0.358. The molecule has 0 aliphatic carbocycles. The van der Waals surface area contributed by atoms with E-state index in [0.29, 0.717) is 12.1 Å². The van der Waals surface area contributed by atoms with Crippen LogP contribution in [0.25, 0.3) is 0 Å². The van der Waals surface area contributed by atoms with E-state index in [1.54, 1.807) is 6.07 Å². The van der Waals surface area contributed by atoms with Gasteiger partial charge in [0.25, 0.3) is 0 Å². The lowest BCUT2D eigenvalue weighted by molar-refractivity contribution is 0.0999. The van der Waals surface area contributed by atoms with Crippen LogP contribution in [0.5, 0.6) is 5.75 Å². The molecule has 0 fully saturated rings. The Morgan fingerprint density at radius 1 is 1.32 bits per heavy atom. The van der Waals surface area contributed by atoms with Crippen molar-refractivity contribution in [2.24, 2.45) is 5.73 Å². The fourth-order valence-electron chi connectivity index (χ4n) is 3.33. The average Bonchev–Trinajstić information content (AvgIpc) is 2.60. The summed E-state index contributed by atoms with van der Waals surface area (Å²) in [5, 5.41) is 10.4. The number of nitrogens with zero attached hydrogens (tertiary/aromatic N) is 1. The molecule has 1 heterocycles. The van der Waals surface area contributed by atoms with Gasteiger partial charge in [0.1, 0.15) is 18.5 Å². The number of aryl methyl sites for hydroxylation is 1. The van der Waals surface area contributed by atoms with Crippen molar-refractivity contribution >= 4 is 11.6 Å². The normalized spacial score (nSPS) is 14.7. The molecular weight excluding hydrogens is 316 g/mol. The van der Waals surface area contributed by atoms with Crippen LogP contribution in [0.3, 0.4) is 0 Å². The largest absolute Gasteiger partial charge is 0.491 e. The Morgan fingerprint density at radius 2 is 2.12 bits per heavy atom. The fourth-order valence-corrected chi connectivity index (χ4v) is 3.33. The summed E-state index contributed by atoms with van der Waals surface area (Å²) in [4.78, 5) is 13.7. The average molecular weight is 340 g/mol. The maximum absolute atomic E-state index is 11.6. The lowest BCUT2D eigenvalue weighted by Crippen LogP contribution is -2.39. The Hall–Kier alpha value is -2.53. The highest BCUT2D eigenvalue weighted by Crippen LogP contribution is 2.29. The summed E-state index contributed by atoms with van der Waals surface area (Å²) in [6.45, 7) is 3.53. The van der Waals surface area contributed by atoms with Crippen LogP contribution >= 0.6 is 0 Å². The van der Waals surface area contributed by atoms with E-state index < -0.39 is 12.0 Å². The second-order valence-electron chi connectivity index (χ2n) is 6.50. The number of fused-ring (bicyclic) bond motifs is 1. The van der Waals surface area contributed by atoms with Gasteiger partial charge in [-0.05, 0) is 55.2 Å². The van der Waals surface area contributed by atoms with Crippen molar-refractivity contribution in [2.75, 3.05) is 24.6 Å². The number of anilines is 1. The number of aliphatic hydroxyl groups is 1. The van der Waals surface area contributed by atoms with E-state index in [4.69, 9.17) is 10.5 Å². The molecule has 0 radical (unpaired) electrons. The van der Waals surface area contributed by atoms with Gasteiger partial charge in [-0.25, -0.2) is 0 Å². The molecule has 2 aromatic rings. The molecule has 0 spiro atoms. The van der Waals surface area contributed by atoms with E-state index in [0.717, 1.165) is 42.0 Å². The molecule has 1 aliphatic rings. The van der Waals surface area contributed by atoms with Gasteiger partial charge >= 0.3 is 0 Å². The van der Waals surface area contributed by atoms with Crippen LogP contribution in [0.15, 0.2) is 42.5 Å². The lowest BCUT2D eigenvalue weighted by Gasteiger charge is -2.33. The topological polar surface area (TPSA) is 75.8 Å². The number of β-amino-alcohol motifs (C(OH)–C–C–N with tert-alkyl or cyclic N) is 1. The molecule has 0 aromatic heterocycles. The molecule has 0 saturated carbocycles. The van der Waals surface area contributed by atoms with Crippen LogP contribution in [0.4, 0.5) is 5.69 Å². The SMILES string of the molecule is Cc1cccc(OCC(O)CN2CCCc3c(C(N)=O)cccc32)c1. The number of nitrogens with two attached hydrogens (primary N) is 1. The highest BCUT2D eigenvalue weighted by molar-refractivity contribution is 5.96. The molecule has 5 heteroatoms. The zero-order chi connectivity index (χ0) is 17.8. The second-order valence-corrected chi connectivity index (χ2v) is 6.50. The summed E-state index contributed by atoms with van der Waals surface area (Å²) in [5.41, 5.74) is 9.14. The van der Waals surface area contributed by atoms with Gasteiger partial charge in [-0.15, -0.1) is 0 Å². The van der Waals surface area contributed by atoms with Crippen molar-refractivity contribution in [1.29, 1.82) is 0 Å². The molecule has 2 aromatic carbocycles. The Labute approximate surface area is 148 Å². The molecule has 1 amide bonds. The van der Waals surface area contributed by atoms with Crippen LogP contribution in [0.1, 0.15) is 27.9 Å². The molecule has 1 atom stereocenters. The number of hydrogen-bond acceptors (Lipinski definition) is 4. The van der Waals surface area contributed by atoms with Gasteiger partial charge in [-0.1, -0.05) is 18.2 Å². The van der Waals surface area contributed by atoms with Gasteiger partial charge in [0.05, 0.1) is 0 Å². The number of primary amides is 1. The highest BCUT2D eigenvalue weighted by atomic mass is 16.5. The summed E-state index contributed by atoms with van der Waals surface area (Å²) in [7, 11) is 0. The number of carbonyl (C=O) groups excluding carboxylic acids is 1. The molecule has 3 N–H and O–H groups in total. The molecule has 132 valence electrons. The third-order valence-corrected chi connectivity index (χ3v) is 4.48. The standard InChI is InChI=1S/C20H24N2O3/c1-14-5-2-6-16(11-14)25-13-15(23)12-22-10-4-8-17-18(20(21)24)7-3-9-19(17)22/h2-3,5-7,9,11,15,23H,4,8,10,12-13H2,1H3,(H2,21,24). The third-order valence-electron chi connectivity index (χ3n) is 4.48. The van der Waals surface area contributed by atoms with Gasteiger partial charge in [0.15, 0.2) is 0 Å². The number of carbonyl (C=O) groups is 1. The minimum absolute atomic E-state index is 0.227. The van der Waals surface area contributed by atoms with Crippen LogP contribution in [-0.2, 0) is 6.42 Å². The van der Waals surface area contributed by atoms with Crippen molar-refractivity contribution in [1.82, 2.24) is 0 Å². The molecule has 1 aliphatic heterocycles. The van der Waals surface area contributed by atoms with Crippen molar-refractivity contribution in [2.45, 2.75) is 25.9 Å². The van der Waals surface area contributed by atoms with Gasteiger partial charge in [0, 0.05) is 24.3 Å². The zero-order valence-corrected chi connectivity index (χ0v) is 14.4. The van der Waals surface area contributed by atoms with Gasteiger partial charge < -0.3 is 20.5 Å². The summed E-state index contributed by atoms with van der Waals surface area (Å²) in [6, 6.07) is 13.4. The number of aliphatic hydroxyl groups excluding tert-OH is 1. The molecule has 1 unspecified atom stereocenters. The third kappa shape index (κ3) is 4.12. The minimum Gasteiger partial charge on any atom is -0.491 e. The van der Waals surface area contributed by atoms with E-state index in [9.17, 15) is 9.90 Å². The maximum atomic E-state index is 11.6. The second kappa shape index (κ2) is 7.57. The number of amides is 1. The zero-order valence-electron chi connectivity index (χ0n) is 14.4. The van der Waals surface area contributed by atoms with E-state index >= 15 is 0 Å². The van der Waals surface area contributed by atoms with Crippen LogP contribution < -0.4 is 15.4 Å². The maximum Gasteiger partial charge on any atom is 0.249 e. The molecule has 3 rings (SSSR count). The van der Waals surface area contributed by atoms with Crippen molar-refractivity contribution in [3.05, 3.63) is 59.2 Å². The molecule has 25 heavy (non-hydrogen) atoms. The van der Waals surface area contributed by atoms with Crippen LogP contribution in [0, 0.1) is 6.92 Å². The van der Waals surface area contributed by atoms with E-state index in [2.05, 4.69) is 4.90 Å². The van der Waals surface area contributed by atoms with Gasteiger partial charge in [0.2, 0.25) is 5.91 Å². The monoisotopic (exact) mass is 340 g/mol. The molecule has 0 bridgehead atoms. The Bertz CT molecular complexity index is 760. The first-order valence-electron chi connectivity index (χ1n) is 8.59. The van der Waals surface area contributed by atoms with Crippen molar-refractivity contribution in [3.8, 4) is 5.75 Å². The highest BCUT2D eigenvalue weighted by Gasteiger charge is 2.23. The number of ether oxygens (including phenoxy) is 1. The minimum atomic E-state index is -0.622. The van der Waals surface area contributed by atoms with Crippen LogP contribution in [0.2, 0.25) is 0 Å². The van der Waals surface area contributed by atoms with Crippen LogP contribution in [-0.4, -0.2) is 36.8 Å². The summed E-state index contributed by atoms with van der Waals surface area (Å²) in [6.07, 6.45) is 1.15. The Morgan fingerprint density at radius 3 is 2.88 bits per heavy atom. The first kappa shape index (κ1) is 17.3. The van der Waals surface area contributed by atoms with Crippen molar-refractivity contribution in [3.63, 3.8) is 0 Å². The van der Waals surface area contributed by atoms with E-state index in [1.807, 2.05) is 43.3 Å². The quantitative estimate of drug-likeness (QED) is 0.846. The number of rotatable bonds is 6. The van der Waals surface area contributed by atoms with Gasteiger partial charge in [-0.3, -0.25) is 4.79 Å². The predicted molar refractivity (Wildman–Crippen MR) is 98.2 cm³/mol. The summed E-state index contributed by atoms with van der Waals surface area (Å²) < 4.78 is 5.69. The molecule has 5 nitrogen and oxygen atoms in total. The van der Waals surface area contributed by atoms with Gasteiger partial charge in [-0.2, -0.15) is 0 Å². The predicted octanol–water partition coefficient (Wildman–Crippen LogP) is 2.29. The van der Waals surface area contributed by atoms with E-state index in [1.165, 1.54) is 0 Å². The molecule has 0 saturated heterocycles. The number of benzene rings is 2. The summed E-state index contributed by atoms with van der Waals surface area (Å²) >= 11 is 0. The lowest BCUT2D eigenvalue weighted by atomic mass is 9.95. The Balaban J connectivity index is 1.66. The first-order chi connectivity index (χ1) is 12.0. The van der Waals surface area contributed by atoms with E-state index in [-0.39, 0.29) is 6.61 Å².